The molecule has 0 fully saturated rings. The third-order valence-electron chi connectivity index (χ3n) is 5.00. The van der Waals surface area contributed by atoms with Gasteiger partial charge in [-0.05, 0) is 39.9 Å². The Bertz CT molecular complexity index is 1000. The average molecular weight is 394 g/mol. The van der Waals surface area contributed by atoms with Crippen molar-refractivity contribution in [3.8, 4) is 28.0 Å². The minimum absolute atomic E-state index is 0.296. The van der Waals surface area contributed by atoms with E-state index >= 15 is 0 Å². The van der Waals surface area contributed by atoms with Gasteiger partial charge in [-0.2, -0.15) is 0 Å². The van der Waals surface area contributed by atoms with Crippen LogP contribution in [0.3, 0.4) is 0 Å². The molecule has 0 spiro atoms. The Kier molecular flexibility index (Phi) is 5.90. The van der Waals surface area contributed by atoms with Gasteiger partial charge in [0.1, 0.15) is 5.75 Å². The summed E-state index contributed by atoms with van der Waals surface area (Å²) in [5, 5.41) is 9.64. The molecule has 3 heteroatoms. The van der Waals surface area contributed by atoms with Crippen molar-refractivity contribution in [3.05, 3.63) is 115 Å². The Morgan fingerprint density at radius 3 is 1.53 bits per heavy atom. The van der Waals surface area contributed by atoms with Crippen LogP contribution in [0.15, 0.2) is 109 Å². The maximum absolute atomic E-state index is 11.8. The lowest BCUT2D eigenvalue weighted by Crippen LogP contribution is -2.29. The number of carbonyl (C=O) groups is 1. The summed E-state index contributed by atoms with van der Waals surface area (Å²) < 4.78 is 5.79. The van der Waals surface area contributed by atoms with E-state index in [4.69, 9.17) is 4.74 Å². The molecule has 30 heavy (non-hydrogen) atoms. The van der Waals surface area contributed by atoms with Gasteiger partial charge < -0.3 is 9.84 Å². The largest absolute Gasteiger partial charge is 0.478 e. The molecule has 0 aromatic heterocycles. The molecule has 148 valence electrons. The summed E-state index contributed by atoms with van der Waals surface area (Å²) in [6.07, 6.45) is -0.652. The molecule has 0 amide bonds. The number of hydrogen-bond acceptors (Lipinski definition) is 2. The standard InChI is InChI=1S/C27H22O3/c28-27(29)26(19-20-11-13-23(14-12-20)21-7-3-1-4-8-21)30-25-17-15-24(16-18-25)22-9-5-2-6-10-22/h1-18,26H,19H2,(H,28,29). The molecule has 0 aliphatic rings. The molecule has 0 saturated heterocycles. The van der Waals surface area contributed by atoms with Gasteiger partial charge in [-0.3, -0.25) is 0 Å². The van der Waals surface area contributed by atoms with Crippen LogP contribution in [0, 0.1) is 0 Å². The first-order valence-electron chi connectivity index (χ1n) is 9.88. The van der Waals surface area contributed by atoms with Gasteiger partial charge in [0.15, 0.2) is 6.10 Å². The summed E-state index contributed by atoms with van der Waals surface area (Å²) in [4.78, 5) is 11.8. The zero-order valence-electron chi connectivity index (χ0n) is 16.4. The Morgan fingerprint density at radius 2 is 1.07 bits per heavy atom. The van der Waals surface area contributed by atoms with Crippen molar-refractivity contribution in [2.75, 3.05) is 0 Å². The van der Waals surface area contributed by atoms with Gasteiger partial charge in [-0.25, -0.2) is 4.79 Å². The van der Waals surface area contributed by atoms with E-state index in [-0.39, 0.29) is 0 Å². The van der Waals surface area contributed by atoms with Crippen LogP contribution in [0.4, 0.5) is 0 Å². The molecule has 1 N–H and O–H groups in total. The summed E-state index contributed by atoms with van der Waals surface area (Å²) >= 11 is 0. The van der Waals surface area contributed by atoms with Gasteiger partial charge in [-0.15, -0.1) is 0 Å². The van der Waals surface area contributed by atoms with E-state index in [1.165, 1.54) is 0 Å². The van der Waals surface area contributed by atoms with Gasteiger partial charge in [0, 0.05) is 6.42 Å². The lowest BCUT2D eigenvalue weighted by Gasteiger charge is -2.16. The second-order valence-corrected chi connectivity index (χ2v) is 7.10. The van der Waals surface area contributed by atoms with E-state index in [0.29, 0.717) is 12.2 Å². The normalized spacial score (nSPS) is 11.6. The number of hydrogen-bond donors (Lipinski definition) is 1. The molecule has 0 bridgehead atoms. The maximum Gasteiger partial charge on any atom is 0.345 e. The van der Waals surface area contributed by atoms with E-state index < -0.39 is 12.1 Å². The Hall–Kier alpha value is -3.85. The van der Waals surface area contributed by atoms with Crippen molar-refractivity contribution in [2.45, 2.75) is 12.5 Å². The van der Waals surface area contributed by atoms with E-state index in [0.717, 1.165) is 27.8 Å². The number of aliphatic carboxylic acids is 1. The minimum atomic E-state index is -0.978. The zero-order chi connectivity index (χ0) is 20.8. The van der Waals surface area contributed by atoms with Crippen molar-refractivity contribution in [1.29, 1.82) is 0 Å². The fourth-order valence-electron chi connectivity index (χ4n) is 3.38. The number of ether oxygens (including phenoxy) is 1. The lowest BCUT2D eigenvalue weighted by molar-refractivity contribution is -0.145. The van der Waals surface area contributed by atoms with Crippen LogP contribution in [0.5, 0.6) is 5.75 Å². The summed E-state index contributed by atoms with van der Waals surface area (Å²) in [7, 11) is 0. The second kappa shape index (κ2) is 9.10. The Morgan fingerprint density at radius 1 is 0.633 bits per heavy atom. The van der Waals surface area contributed by atoms with Gasteiger partial charge in [0.2, 0.25) is 0 Å². The molecule has 1 unspecified atom stereocenters. The SMILES string of the molecule is O=C(O)C(Cc1ccc(-c2ccccc2)cc1)Oc1ccc(-c2ccccc2)cc1. The molecule has 0 aliphatic carbocycles. The van der Waals surface area contributed by atoms with Crippen molar-refractivity contribution < 1.29 is 14.6 Å². The molecular formula is C27H22O3. The lowest BCUT2D eigenvalue weighted by atomic mass is 10.0. The van der Waals surface area contributed by atoms with Crippen LogP contribution in [0.1, 0.15) is 5.56 Å². The number of carboxylic acids is 1. The molecule has 3 nitrogen and oxygen atoms in total. The number of benzene rings is 4. The highest BCUT2D eigenvalue weighted by molar-refractivity contribution is 5.73. The highest BCUT2D eigenvalue weighted by Crippen LogP contribution is 2.24. The molecule has 0 radical (unpaired) electrons. The van der Waals surface area contributed by atoms with Gasteiger partial charge in [0.25, 0.3) is 0 Å². The van der Waals surface area contributed by atoms with Crippen LogP contribution in [-0.4, -0.2) is 17.2 Å². The smallest absolute Gasteiger partial charge is 0.345 e. The first-order chi connectivity index (χ1) is 14.7. The average Bonchev–Trinajstić information content (AvgIpc) is 2.81. The Labute approximate surface area is 176 Å². The maximum atomic E-state index is 11.8. The first kappa shape index (κ1) is 19.5. The van der Waals surface area contributed by atoms with Crippen LogP contribution < -0.4 is 4.74 Å². The quantitative estimate of drug-likeness (QED) is 0.412. The van der Waals surface area contributed by atoms with Crippen LogP contribution in [0.2, 0.25) is 0 Å². The van der Waals surface area contributed by atoms with Gasteiger partial charge in [-0.1, -0.05) is 97.1 Å². The zero-order valence-corrected chi connectivity index (χ0v) is 16.4. The van der Waals surface area contributed by atoms with Crippen molar-refractivity contribution in [1.82, 2.24) is 0 Å². The highest BCUT2D eigenvalue weighted by atomic mass is 16.5. The molecule has 0 heterocycles. The van der Waals surface area contributed by atoms with E-state index in [2.05, 4.69) is 12.1 Å². The third-order valence-corrected chi connectivity index (χ3v) is 5.00. The summed E-state index contributed by atoms with van der Waals surface area (Å²) in [6, 6.07) is 35.6. The van der Waals surface area contributed by atoms with E-state index in [9.17, 15) is 9.90 Å². The van der Waals surface area contributed by atoms with Crippen molar-refractivity contribution in [2.24, 2.45) is 0 Å². The predicted molar refractivity (Wildman–Crippen MR) is 120 cm³/mol. The molecule has 4 rings (SSSR count). The van der Waals surface area contributed by atoms with Gasteiger partial charge >= 0.3 is 5.97 Å². The fourth-order valence-corrected chi connectivity index (χ4v) is 3.38. The topological polar surface area (TPSA) is 46.5 Å². The monoisotopic (exact) mass is 394 g/mol. The fraction of sp³-hybridized carbons (Fsp3) is 0.0741. The molecule has 4 aromatic carbocycles. The number of carboxylic acid groups (broad SMARTS) is 1. The van der Waals surface area contributed by atoms with E-state index in [1.807, 2.05) is 97.1 Å². The van der Waals surface area contributed by atoms with Crippen LogP contribution in [-0.2, 0) is 11.2 Å². The third kappa shape index (κ3) is 4.76. The molecular weight excluding hydrogens is 372 g/mol. The van der Waals surface area contributed by atoms with Gasteiger partial charge in [0.05, 0.1) is 0 Å². The molecule has 4 aromatic rings. The molecule has 0 saturated carbocycles. The van der Waals surface area contributed by atoms with E-state index in [1.54, 1.807) is 0 Å². The Balaban J connectivity index is 1.45. The summed E-state index contributed by atoms with van der Waals surface area (Å²) in [6.45, 7) is 0. The molecule has 0 aliphatic heterocycles. The highest BCUT2D eigenvalue weighted by Gasteiger charge is 2.20. The van der Waals surface area contributed by atoms with Crippen LogP contribution >= 0.6 is 0 Å². The summed E-state index contributed by atoms with van der Waals surface area (Å²) in [5.41, 5.74) is 5.32. The van der Waals surface area contributed by atoms with Crippen molar-refractivity contribution in [3.63, 3.8) is 0 Å². The van der Waals surface area contributed by atoms with Crippen LogP contribution in [0.25, 0.3) is 22.3 Å². The number of rotatable bonds is 7. The predicted octanol–water partition coefficient (Wildman–Crippen LogP) is 6.10. The summed E-state index contributed by atoms with van der Waals surface area (Å²) in [5.74, 6) is -0.433. The first-order valence-corrected chi connectivity index (χ1v) is 9.88. The van der Waals surface area contributed by atoms with Crippen molar-refractivity contribution >= 4 is 5.97 Å². The minimum Gasteiger partial charge on any atom is -0.478 e. The molecule has 1 atom stereocenters. The second-order valence-electron chi connectivity index (χ2n) is 7.10.